The van der Waals surface area contributed by atoms with Gasteiger partial charge in [0.2, 0.25) is 5.82 Å². The van der Waals surface area contributed by atoms with E-state index in [4.69, 9.17) is 9.47 Å². The van der Waals surface area contributed by atoms with E-state index in [1.807, 2.05) is 69.5 Å². The third kappa shape index (κ3) is 7.50. The average Bonchev–Trinajstić information content (AvgIpc) is 3.53. The van der Waals surface area contributed by atoms with Crippen LogP contribution in [0.25, 0.3) is 5.65 Å². The highest BCUT2D eigenvalue weighted by Crippen LogP contribution is 2.37. The number of fused-ring (bicyclic) bond motifs is 2. The Labute approximate surface area is 290 Å². The summed E-state index contributed by atoms with van der Waals surface area (Å²) in [4.78, 5) is 50.6. The number of amides is 3. The lowest BCUT2D eigenvalue weighted by Crippen LogP contribution is -2.49. The summed E-state index contributed by atoms with van der Waals surface area (Å²) in [5, 5.41) is 17.0. The number of carbonyl (C=O) groups is 3. The number of benzene rings is 1. The summed E-state index contributed by atoms with van der Waals surface area (Å²) in [6, 6.07) is 11.9. The van der Waals surface area contributed by atoms with E-state index >= 15 is 0 Å². The van der Waals surface area contributed by atoms with Crippen molar-refractivity contribution < 1.29 is 23.9 Å². The molecule has 1 fully saturated rings. The second-order valence-electron chi connectivity index (χ2n) is 13.8. The fourth-order valence-electron chi connectivity index (χ4n) is 5.96. The molecule has 1 saturated heterocycles. The van der Waals surface area contributed by atoms with Gasteiger partial charge in [0.05, 0.1) is 25.1 Å². The number of pyridine rings is 1. The number of ether oxygens (including phenoxy) is 2. The van der Waals surface area contributed by atoms with Crippen LogP contribution in [0.15, 0.2) is 60.8 Å². The number of morpholine rings is 1. The number of carbonyl (C=O) groups excluding carboxylic acids is 3. The van der Waals surface area contributed by atoms with Crippen LogP contribution in [0.5, 0.6) is 5.75 Å². The molecular formula is C36H43N9O5. The molecule has 0 radical (unpaired) electrons. The molecule has 50 heavy (non-hydrogen) atoms. The van der Waals surface area contributed by atoms with Gasteiger partial charge in [-0.2, -0.15) is 0 Å². The number of nitrogens with zero attached hydrogens (tertiary/aromatic N) is 6. The SMILES string of the molecule is CC(C)c1nnc2ccc(O[C@@H]3C=C[C@](C=O)(NC(=O)Nc4cc(C(C)(C)C)nc(C(=O)NCCN5CCOCC5)n4)c4ccccc43)cn12. The van der Waals surface area contributed by atoms with Crippen molar-refractivity contribution in [3.05, 3.63) is 89.3 Å². The predicted molar refractivity (Wildman–Crippen MR) is 186 cm³/mol. The van der Waals surface area contributed by atoms with Gasteiger partial charge >= 0.3 is 6.03 Å². The quantitative estimate of drug-likeness (QED) is 0.165. The number of anilines is 1. The van der Waals surface area contributed by atoms with Crippen molar-refractivity contribution >= 4 is 29.7 Å². The number of rotatable bonds is 10. The highest BCUT2D eigenvalue weighted by atomic mass is 16.5. The molecule has 3 amide bonds. The number of aldehydes is 1. The number of aromatic nitrogens is 5. The summed E-state index contributed by atoms with van der Waals surface area (Å²) in [6.45, 7) is 14.0. The molecule has 0 spiro atoms. The Hall–Kier alpha value is -5.21. The monoisotopic (exact) mass is 681 g/mol. The van der Waals surface area contributed by atoms with E-state index in [1.54, 1.807) is 30.4 Å². The second kappa shape index (κ2) is 14.3. The molecule has 0 saturated carbocycles. The summed E-state index contributed by atoms with van der Waals surface area (Å²) >= 11 is 0. The molecule has 3 N–H and O–H groups in total. The topological polar surface area (TPSA) is 165 Å². The number of nitrogens with one attached hydrogen (secondary N) is 3. The molecule has 2 aliphatic rings. The summed E-state index contributed by atoms with van der Waals surface area (Å²) in [5.74, 6) is 1.19. The van der Waals surface area contributed by atoms with E-state index in [0.717, 1.165) is 18.9 Å². The molecule has 3 aromatic heterocycles. The molecular weight excluding hydrogens is 638 g/mol. The first-order valence-corrected chi connectivity index (χ1v) is 16.8. The van der Waals surface area contributed by atoms with E-state index in [-0.39, 0.29) is 17.6 Å². The minimum Gasteiger partial charge on any atom is -0.480 e. The Morgan fingerprint density at radius 3 is 2.62 bits per heavy atom. The van der Waals surface area contributed by atoms with E-state index in [0.29, 0.717) is 60.8 Å². The van der Waals surface area contributed by atoms with Gasteiger partial charge in [0.1, 0.15) is 29.0 Å². The smallest absolute Gasteiger partial charge is 0.321 e. The first-order valence-electron chi connectivity index (χ1n) is 16.8. The molecule has 1 aromatic carbocycles. The predicted octanol–water partition coefficient (Wildman–Crippen LogP) is 3.91. The largest absolute Gasteiger partial charge is 0.480 e. The molecule has 4 heterocycles. The van der Waals surface area contributed by atoms with Crippen LogP contribution in [-0.2, 0) is 20.5 Å². The van der Waals surface area contributed by atoms with Gasteiger partial charge < -0.3 is 20.1 Å². The lowest BCUT2D eigenvalue weighted by atomic mass is 9.81. The van der Waals surface area contributed by atoms with Crippen molar-refractivity contribution in [3.63, 3.8) is 0 Å². The van der Waals surface area contributed by atoms with Crippen LogP contribution in [0.2, 0.25) is 0 Å². The van der Waals surface area contributed by atoms with Crippen LogP contribution in [-0.4, -0.2) is 87.1 Å². The second-order valence-corrected chi connectivity index (χ2v) is 13.8. The molecule has 1 aliphatic carbocycles. The van der Waals surface area contributed by atoms with Gasteiger partial charge in [-0.15, -0.1) is 10.2 Å². The van der Waals surface area contributed by atoms with Gasteiger partial charge in [-0.3, -0.25) is 24.2 Å². The van der Waals surface area contributed by atoms with E-state index < -0.39 is 29.0 Å². The zero-order valence-electron chi connectivity index (χ0n) is 29.0. The normalized spacial score (nSPS) is 19.2. The van der Waals surface area contributed by atoms with Crippen molar-refractivity contribution in [2.24, 2.45) is 0 Å². The van der Waals surface area contributed by atoms with Gasteiger partial charge in [-0.25, -0.2) is 14.8 Å². The summed E-state index contributed by atoms with van der Waals surface area (Å²) in [6.07, 6.45) is 5.36. The van der Waals surface area contributed by atoms with Crippen LogP contribution in [0.1, 0.15) is 79.9 Å². The number of urea groups is 1. The fraction of sp³-hybridized carbons (Fsp3) is 0.417. The first-order chi connectivity index (χ1) is 24.0. The maximum absolute atomic E-state index is 13.6. The highest BCUT2D eigenvalue weighted by Gasteiger charge is 2.38. The molecule has 14 nitrogen and oxygen atoms in total. The van der Waals surface area contributed by atoms with Crippen LogP contribution >= 0.6 is 0 Å². The Morgan fingerprint density at radius 2 is 1.88 bits per heavy atom. The Morgan fingerprint density at radius 1 is 1.10 bits per heavy atom. The minimum absolute atomic E-state index is 0.0621. The van der Waals surface area contributed by atoms with Crippen molar-refractivity contribution in [3.8, 4) is 5.75 Å². The summed E-state index contributed by atoms with van der Waals surface area (Å²) < 4.78 is 13.7. The first kappa shape index (κ1) is 34.6. The van der Waals surface area contributed by atoms with Gasteiger partial charge in [0, 0.05) is 49.1 Å². The average molecular weight is 682 g/mol. The van der Waals surface area contributed by atoms with Crippen LogP contribution < -0.4 is 20.7 Å². The van der Waals surface area contributed by atoms with Crippen LogP contribution in [0.4, 0.5) is 10.6 Å². The maximum Gasteiger partial charge on any atom is 0.321 e. The lowest BCUT2D eigenvalue weighted by molar-refractivity contribution is -0.111. The highest BCUT2D eigenvalue weighted by molar-refractivity contribution is 5.94. The van der Waals surface area contributed by atoms with Gasteiger partial charge in [-0.05, 0) is 29.8 Å². The third-order valence-electron chi connectivity index (χ3n) is 8.69. The molecule has 4 aromatic rings. The molecule has 1 aliphatic heterocycles. The standard InChI is InChI=1S/C36H43N9O5/c1-23(2)32-43-42-30-11-10-24(21-45(30)32)50-27-12-13-36(22-46,26-9-7-6-8-25(26)27)41-34(48)40-29-20-28(35(3,4)5)38-31(39-29)33(47)37-14-15-44-16-18-49-19-17-44/h6-13,20-23,27H,14-19H2,1-5H3,(H,37,47)(H2,38,39,40,41,48)/t27-,36-/m1/s1. The van der Waals surface area contributed by atoms with Gasteiger partial charge in [-0.1, -0.05) is 58.9 Å². The maximum atomic E-state index is 13.6. The summed E-state index contributed by atoms with van der Waals surface area (Å²) in [5.41, 5.74) is 0.610. The van der Waals surface area contributed by atoms with E-state index in [1.165, 1.54) is 0 Å². The molecule has 0 unspecified atom stereocenters. The van der Waals surface area contributed by atoms with Crippen molar-refractivity contribution in [2.45, 2.75) is 57.6 Å². The molecule has 2 atom stereocenters. The summed E-state index contributed by atoms with van der Waals surface area (Å²) in [7, 11) is 0. The number of hydrogen-bond donors (Lipinski definition) is 3. The fourth-order valence-corrected chi connectivity index (χ4v) is 5.96. The molecule has 0 bridgehead atoms. The Bertz CT molecular complexity index is 1910. The molecule has 262 valence electrons. The zero-order chi connectivity index (χ0) is 35.5. The Kier molecular flexibility index (Phi) is 9.93. The number of hydrogen-bond acceptors (Lipinski definition) is 10. The Balaban J connectivity index is 1.19. The van der Waals surface area contributed by atoms with Crippen LogP contribution in [0.3, 0.4) is 0 Å². The zero-order valence-corrected chi connectivity index (χ0v) is 29.0. The van der Waals surface area contributed by atoms with E-state index in [9.17, 15) is 14.4 Å². The molecule has 14 heteroatoms. The van der Waals surface area contributed by atoms with Crippen molar-refractivity contribution in [1.82, 2.24) is 40.1 Å². The third-order valence-corrected chi connectivity index (χ3v) is 8.69. The van der Waals surface area contributed by atoms with Crippen LogP contribution in [0, 0.1) is 0 Å². The van der Waals surface area contributed by atoms with E-state index in [2.05, 4.69) is 41.0 Å². The molecule has 6 rings (SSSR count). The van der Waals surface area contributed by atoms with Gasteiger partial charge in [0.25, 0.3) is 5.91 Å². The van der Waals surface area contributed by atoms with Gasteiger partial charge in [0.15, 0.2) is 11.9 Å². The van der Waals surface area contributed by atoms with Crippen molar-refractivity contribution in [2.75, 3.05) is 44.7 Å². The minimum atomic E-state index is -1.50. The lowest BCUT2D eigenvalue weighted by Gasteiger charge is -2.34. The van der Waals surface area contributed by atoms with Crippen molar-refractivity contribution in [1.29, 1.82) is 0 Å².